The number of hydrogen-bond acceptors (Lipinski definition) is 2. The molecule has 1 heterocycles. The number of rotatable bonds is 5. The summed E-state index contributed by atoms with van der Waals surface area (Å²) in [6.45, 7) is 15.0. The average molecular weight is 272 g/mol. The molecule has 18 heavy (non-hydrogen) atoms. The summed E-state index contributed by atoms with van der Waals surface area (Å²) in [7, 11) is 0. The van der Waals surface area contributed by atoms with Crippen LogP contribution in [-0.4, -0.2) is 21.9 Å². The number of nitrogens with one attached hydrogen (secondary N) is 1. The summed E-state index contributed by atoms with van der Waals surface area (Å²) < 4.78 is 2.00. The Morgan fingerprint density at radius 3 is 2.50 bits per heavy atom. The molecule has 0 bridgehead atoms. The number of aromatic nitrogens is 2. The van der Waals surface area contributed by atoms with Gasteiger partial charge in [0.25, 0.3) is 0 Å². The maximum absolute atomic E-state index is 6.25. The predicted octanol–water partition coefficient (Wildman–Crippen LogP) is 3.68. The molecule has 1 aromatic heterocycles. The van der Waals surface area contributed by atoms with Gasteiger partial charge in [0, 0.05) is 18.0 Å². The molecule has 2 unspecified atom stereocenters. The van der Waals surface area contributed by atoms with Gasteiger partial charge in [-0.3, -0.25) is 4.68 Å². The Balaban J connectivity index is 2.74. The van der Waals surface area contributed by atoms with Gasteiger partial charge < -0.3 is 5.32 Å². The second kappa shape index (κ2) is 6.07. The second-order valence-electron chi connectivity index (χ2n) is 6.09. The van der Waals surface area contributed by atoms with Gasteiger partial charge in [-0.05, 0) is 40.2 Å². The molecule has 0 aliphatic carbocycles. The van der Waals surface area contributed by atoms with Crippen LogP contribution in [0.1, 0.15) is 53.2 Å². The smallest absolute Gasteiger partial charge is 0.0820 e. The summed E-state index contributed by atoms with van der Waals surface area (Å²) in [5, 5.41) is 8.64. The third kappa shape index (κ3) is 3.99. The number of nitrogens with zero attached hydrogens (tertiary/aromatic N) is 2. The molecule has 3 nitrogen and oxygen atoms in total. The summed E-state index contributed by atoms with van der Waals surface area (Å²) in [4.78, 5) is 0. The molecule has 1 aromatic rings. The van der Waals surface area contributed by atoms with Gasteiger partial charge in [-0.25, -0.2) is 0 Å². The Kier molecular flexibility index (Phi) is 5.23. The van der Waals surface area contributed by atoms with Crippen molar-refractivity contribution in [1.82, 2.24) is 15.1 Å². The van der Waals surface area contributed by atoms with Gasteiger partial charge in [0.2, 0.25) is 0 Å². The summed E-state index contributed by atoms with van der Waals surface area (Å²) >= 11 is 6.25. The zero-order valence-corrected chi connectivity index (χ0v) is 13.2. The molecule has 0 radical (unpaired) electrons. The molecule has 0 aromatic carbocycles. The van der Waals surface area contributed by atoms with Crippen molar-refractivity contribution in [2.45, 2.75) is 59.5 Å². The lowest BCUT2D eigenvalue weighted by Gasteiger charge is -2.27. The first-order valence-electron chi connectivity index (χ1n) is 6.72. The molecule has 0 aliphatic heterocycles. The molecule has 0 fully saturated rings. The van der Waals surface area contributed by atoms with Crippen LogP contribution in [0.15, 0.2) is 6.20 Å². The molecule has 0 amide bonds. The van der Waals surface area contributed by atoms with E-state index in [0.717, 1.165) is 23.8 Å². The number of aryl methyl sites for hydroxylation is 1. The van der Waals surface area contributed by atoms with Crippen molar-refractivity contribution < 1.29 is 0 Å². The molecule has 0 saturated heterocycles. The van der Waals surface area contributed by atoms with Gasteiger partial charge in [-0.1, -0.05) is 25.4 Å². The fourth-order valence-electron chi connectivity index (χ4n) is 1.99. The SMILES string of the molecule is CCn1ncc(Cl)c1C(C)C(C)CNC(C)(C)C. The summed E-state index contributed by atoms with van der Waals surface area (Å²) in [6, 6.07) is 0. The van der Waals surface area contributed by atoms with E-state index in [1.807, 2.05) is 4.68 Å². The first-order valence-corrected chi connectivity index (χ1v) is 7.10. The maximum atomic E-state index is 6.25. The van der Waals surface area contributed by atoms with Crippen LogP contribution in [0.25, 0.3) is 0 Å². The normalized spacial score (nSPS) is 15.7. The first-order chi connectivity index (χ1) is 8.26. The van der Waals surface area contributed by atoms with Crippen molar-refractivity contribution in [3.63, 3.8) is 0 Å². The highest BCUT2D eigenvalue weighted by Gasteiger charge is 2.22. The van der Waals surface area contributed by atoms with Gasteiger partial charge in [0.05, 0.1) is 16.9 Å². The van der Waals surface area contributed by atoms with Crippen molar-refractivity contribution in [2.75, 3.05) is 6.54 Å². The van der Waals surface area contributed by atoms with Crippen LogP contribution in [0.4, 0.5) is 0 Å². The molecular formula is C14H26ClN3. The highest BCUT2D eigenvalue weighted by Crippen LogP contribution is 2.29. The van der Waals surface area contributed by atoms with E-state index in [0.29, 0.717) is 11.8 Å². The standard InChI is InChI=1S/C14H26ClN3/c1-7-18-13(12(15)9-17-18)11(3)10(2)8-16-14(4,5)6/h9-11,16H,7-8H2,1-6H3. The highest BCUT2D eigenvalue weighted by molar-refractivity contribution is 6.31. The largest absolute Gasteiger partial charge is 0.312 e. The molecular weight excluding hydrogens is 246 g/mol. The van der Waals surface area contributed by atoms with Crippen LogP contribution in [0.5, 0.6) is 0 Å². The van der Waals surface area contributed by atoms with Crippen molar-refractivity contribution in [1.29, 1.82) is 0 Å². The zero-order valence-electron chi connectivity index (χ0n) is 12.4. The van der Waals surface area contributed by atoms with Gasteiger partial charge >= 0.3 is 0 Å². The Bertz CT molecular complexity index is 379. The first kappa shape index (κ1) is 15.5. The molecule has 2 atom stereocenters. The Morgan fingerprint density at radius 2 is 2.00 bits per heavy atom. The summed E-state index contributed by atoms with van der Waals surface area (Å²) in [6.07, 6.45) is 1.75. The van der Waals surface area contributed by atoms with Crippen LogP contribution in [0, 0.1) is 5.92 Å². The lowest BCUT2D eigenvalue weighted by molar-refractivity contribution is 0.351. The molecule has 1 rings (SSSR count). The molecule has 0 saturated carbocycles. The van der Waals surface area contributed by atoms with Crippen molar-refractivity contribution in [2.24, 2.45) is 5.92 Å². The summed E-state index contributed by atoms with van der Waals surface area (Å²) in [5.74, 6) is 0.915. The minimum absolute atomic E-state index is 0.156. The van der Waals surface area contributed by atoms with E-state index in [2.05, 4.69) is 52.0 Å². The molecule has 104 valence electrons. The van der Waals surface area contributed by atoms with E-state index in [1.165, 1.54) is 0 Å². The van der Waals surface area contributed by atoms with E-state index in [-0.39, 0.29) is 5.54 Å². The minimum atomic E-state index is 0.156. The van der Waals surface area contributed by atoms with E-state index in [4.69, 9.17) is 11.6 Å². The molecule has 0 spiro atoms. The average Bonchev–Trinajstić information content (AvgIpc) is 2.65. The fourth-order valence-corrected chi connectivity index (χ4v) is 2.30. The van der Waals surface area contributed by atoms with Crippen molar-refractivity contribution in [3.8, 4) is 0 Å². The second-order valence-corrected chi connectivity index (χ2v) is 6.50. The lowest BCUT2D eigenvalue weighted by atomic mass is 9.91. The minimum Gasteiger partial charge on any atom is -0.312 e. The molecule has 1 N–H and O–H groups in total. The Morgan fingerprint density at radius 1 is 1.39 bits per heavy atom. The third-order valence-corrected chi connectivity index (χ3v) is 3.66. The monoisotopic (exact) mass is 271 g/mol. The van der Waals surface area contributed by atoms with Crippen LogP contribution in [0.2, 0.25) is 5.02 Å². The van der Waals surface area contributed by atoms with E-state index >= 15 is 0 Å². The summed E-state index contributed by atoms with van der Waals surface area (Å²) in [5.41, 5.74) is 1.31. The van der Waals surface area contributed by atoms with Gasteiger partial charge in [0.1, 0.15) is 0 Å². The Hall–Kier alpha value is -0.540. The van der Waals surface area contributed by atoms with Crippen LogP contribution < -0.4 is 5.32 Å². The van der Waals surface area contributed by atoms with Gasteiger partial charge in [0.15, 0.2) is 0 Å². The number of halogens is 1. The van der Waals surface area contributed by atoms with Gasteiger partial charge in [-0.2, -0.15) is 5.10 Å². The van der Waals surface area contributed by atoms with Crippen LogP contribution in [0.3, 0.4) is 0 Å². The Labute approximate surface area is 116 Å². The van der Waals surface area contributed by atoms with E-state index in [9.17, 15) is 0 Å². The third-order valence-electron chi connectivity index (χ3n) is 3.37. The van der Waals surface area contributed by atoms with Gasteiger partial charge in [-0.15, -0.1) is 0 Å². The molecule has 0 aliphatic rings. The molecule has 4 heteroatoms. The van der Waals surface area contributed by atoms with Crippen LogP contribution in [-0.2, 0) is 6.54 Å². The van der Waals surface area contributed by atoms with Crippen molar-refractivity contribution in [3.05, 3.63) is 16.9 Å². The van der Waals surface area contributed by atoms with Crippen LogP contribution >= 0.6 is 11.6 Å². The number of hydrogen-bond donors (Lipinski definition) is 1. The van der Waals surface area contributed by atoms with E-state index < -0.39 is 0 Å². The fraction of sp³-hybridized carbons (Fsp3) is 0.786. The topological polar surface area (TPSA) is 29.9 Å². The maximum Gasteiger partial charge on any atom is 0.0820 e. The highest BCUT2D eigenvalue weighted by atomic mass is 35.5. The zero-order chi connectivity index (χ0) is 13.9. The van der Waals surface area contributed by atoms with E-state index in [1.54, 1.807) is 6.20 Å². The lowest BCUT2D eigenvalue weighted by Crippen LogP contribution is -2.39. The van der Waals surface area contributed by atoms with Crippen molar-refractivity contribution >= 4 is 11.6 Å². The predicted molar refractivity (Wildman–Crippen MR) is 78.2 cm³/mol. The quantitative estimate of drug-likeness (QED) is 0.885.